The lowest BCUT2D eigenvalue weighted by molar-refractivity contribution is 0.480. The molecule has 0 bridgehead atoms. The van der Waals surface area contributed by atoms with E-state index in [2.05, 4.69) is 25.1 Å². The Morgan fingerprint density at radius 2 is 2.25 bits per heavy atom. The maximum atomic E-state index is 5.81. The van der Waals surface area contributed by atoms with Crippen LogP contribution in [-0.2, 0) is 6.54 Å². The van der Waals surface area contributed by atoms with Gasteiger partial charge < -0.3 is 0 Å². The van der Waals surface area contributed by atoms with E-state index >= 15 is 0 Å². The van der Waals surface area contributed by atoms with Gasteiger partial charge in [-0.2, -0.15) is 5.10 Å². The quantitative estimate of drug-likeness (QED) is 0.708. The van der Waals surface area contributed by atoms with Crippen molar-refractivity contribution in [3.8, 4) is 0 Å². The molecule has 2 nitrogen and oxygen atoms in total. The topological polar surface area (TPSA) is 17.8 Å². The van der Waals surface area contributed by atoms with Gasteiger partial charge in [-0.1, -0.05) is 25.4 Å². The van der Waals surface area contributed by atoms with Crippen LogP contribution in [0.3, 0.4) is 0 Å². The molecule has 0 aromatic carbocycles. The summed E-state index contributed by atoms with van der Waals surface area (Å²) in [7, 11) is 0. The van der Waals surface area contributed by atoms with Crippen LogP contribution in [0.1, 0.15) is 26.0 Å². The molecule has 1 radical (unpaired) electrons. The summed E-state index contributed by atoms with van der Waals surface area (Å²) in [6.45, 7) is 7.30. The van der Waals surface area contributed by atoms with Gasteiger partial charge in [0.05, 0.1) is 10.7 Å². The predicted octanol–water partition coefficient (Wildman–Crippen LogP) is 2.69. The smallest absolute Gasteiger partial charge is 0.133 e. The van der Waals surface area contributed by atoms with E-state index in [0.29, 0.717) is 10.9 Å². The maximum absolute atomic E-state index is 5.81. The summed E-state index contributed by atoms with van der Waals surface area (Å²) in [6.07, 6.45) is 3.87. The third-order valence-electron chi connectivity index (χ3n) is 1.89. The monoisotopic (exact) mass is 185 g/mol. The SMILES string of the molecule is Cc1c(Cl)[c]nn1CCC(C)C. The summed E-state index contributed by atoms with van der Waals surface area (Å²) in [5.41, 5.74) is 1.01. The van der Waals surface area contributed by atoms with Gasteiger partial charge >= 0.3 is 0 Å². The fraction of sp³-hybridized carbons (Fsp3) is 0.667. The molecular formula is C9H14ClN2. The van der Waals surface area contributed by atoms with Crippen LogP contribution < -0.4 is 0 Å². The molecule has 0 unspecified atom stereocenters. The molecule has 1 aromatic rings. The summed E-state index contributed by atoms with van der Waals surface area (Å²) in [5.74, 6) is 0.701. The van der Waals surface area contributed by atoms with Crippen molar-refractivity contribution < 1.29 is 0 Å². The van der Waals surface area contributed by atoms with Gasteiger partial charge in [0, 0.05) is 6.54 Å². The zero-order valence-corrected chi connectivity index (χ0v) is 8.52. The lowest BCUT2D eigenvalue weighted by Crippen LogP contribution is -2.04. The van der Waals surface area contributed by atoms with Crippen molar-refractivity contribution in [2.75, 3.05) is 0 Å². The van der Waals surface area contributed by atoms with Crippen molar-refractivity contribution in [3.63, 3.8) is 0 Å². The third-order valence-corrected chi connectivity index (χ3v) is 2.25. The maximum Gasteiger partial charge on any atom is 0.133 e. The standard InChI is InChI=1S/C9H14ClN2/c1-7(2)4-5-12-8(3)9(10)6-11-12/h7H,4-5H2,1-3H3. The normalized spacial score (nSPS) is 11.1. The minimum absolute atomic E-state index is 0.638. The van der Waals surface area contributed by atoms with Crippen LogP contribution in [-0.4, -0.2) is 9.78 Å². The molecule has 0 spiro atoms. The second kappa shape index (κ2) is 3.94. The number of aryl methyl sites for hydroxylation is 1. The first-order valence-corrected chi connectivity index (χ1v) is 4.59. The van der Waals surface area contributed by atoms with Crippen LogP contribution in [0, 0.1) is 19.0 Å². The molecule has 0 amide bonds. The molecule has 12 heavy (non-hydrogen) atoms. The number of aromatic nitrogens is 2. The molecule has 1 rings (SSSR count). The zero-order chi connectivity index (χ0) is 9.14. The highest BCUT2D eigenvalue weighted by Crippen LogP contribution is 2.13. The Morgan fingerprint density at radius 3 is 2.67 bits per heavy atom. The second-order valence-electron chi connectivity index (χ2n) is 3.42. The van der Waals surface area contributed by atoms with E-state index in [0.717, 1.165) is 18.7 Å². The molecule has 0 atom stereocenters. The van der Waals surface area contributed by atoms with Gasteiger partial charge in [-0.15, -0.1) is 0 Å². The van der Waals surface area contributed by atoms with Crippen LogP contribution in [0.25, 0.3) is 0 Å². The molecule has 1 aromatic heterocycles. The highest BCUT2D eigenvalue weighted by atomic mass is 35.5. The summed E-state index contributed by atoms with van der Waals surface area (Å²) < 4.78 is 1.91. The first-order valence-electron chi connectivity index (χ1n) is 4.22. The largest absolute Gasteiger partial charge is 0.268 e. The van der Waals surface area contributed by atoms with E-state index in [4.69, 9.17) is 11.6 Å². The van der Waals surface area contributed by atoms with E-state index in [-0.39, 0.29) is 0 Å². The first kappa shape index (κ1) is 9.59. The Morgan fingerprint density at radius 1 is 1.58 bits per heavy atom. The fourth-order valence-electron chi connectivity index (χ4n) is 0.972. The highest BCUT2D eigenvalue weighted by molar-refractivity contribution is 6.30. The van der Waals surface area contributed by atoms with Gasteiger partial charge in [0.25, 0.3) is 0 Å². The molecule has 0 saturated heterocycles. The lowest BCUT2D eigenvalue weighted by Gasteiger charge is -2.06. The van der Waals surface area contributed by atoms with Crippen molar-refractivity contribution in [1.82, 2.24) is 9.78 Å². The van der Waals surface area contributed by atoms with E-state index < -0.39 is 0 Å². The minimum atomic E-state index is 0.638. The van der Waals surface area contributed by atoms with Gasteiger partial charge in [-0.25, -0.2) is 0 Å². The van der Waals surface area contributed by atoms with E-state index in [1.165, 1.54) is 0 Å². The molecule has 0 aliphatic carbocycles. The van der Waals surface area contributed by atoms with E-state index in [1.807, 2.05) is 11.6 Å². The first-order chi connectivity index (χ1) is 5.61. The van der Waals surface area contributed by atoms with Gasteiger partial charge in [0.2, 0.25) is 0 Å². The molecule has 3 heteroatoms. The number of nitrogens with zero attached hydrogens (tertiary/aromatic N) is 2. The lowest BCUT2D eigenvalue weighted by atomic mass is 10.1. The third kappa shape index (κ3) is 2.24. The van der Waals surface area contributed by atoms with Crippen molar-refractivity contribution in [2.24, 2.45) is 5.92 Å². The Labute approximate surface area is 78.5 Å². The predicted molar refractivity (Wildman–Crippen MR) is 50.3 cm³/mol. The number of rotatable bonds is 3. The Kier molecular flexibility index (Phi) is 3.15. The fourth-order valence-corrected chi connectivity index (χ4v) is 1.11. The number of hydrogen-bond donors (Lipinski definition) is 0. The van der Waals surface area contributed by atoms with Gasteiger partial charge in [-0.05, 0) is 19.3 Å². The average Bonchev–Trinajstić information content (AvgIpc) is 2.30. The Hall–Kier alpha value is -0.500. The van der Waals surface area contributed by atoms with Crippen molar-refractivity contribution in [3.05, 3.63) is 16.9 Å². The average molecular weight is 186 g/mol. The van der Waals surface area contributed by atoms with E-state index in [1.54, 1.807) is 0 Å². The van der Waals surface area contributed by atoms with Gasteiger partial charge in [0.1, 0.15) is 6.20 Å². The molecule has 1 heterocycles. The molecule has 0 N–H and O–H groups in total. The molecule has 0 aliphatic rings. The van der Waals surface area contributed by atoms with Crippen molar-refractivity contribution in [1.29, 1.82) is 0 Å². The van der Waals surface area contributed by atoms with Gasteiger partial charge in [-0.3, -0.25) is 4.68 Å². The van der Waals surface area contributed by atoms with Crippen LogP contribution in [0.4, 0.5) is 0 Å². The Balaban J connectivity index is 2.58. The van der Waals surface area contributed by atoms with Crippen molar-refractivity contribution in [2.45, 2.75) is 33.7 Å². The summed E-state index contributed by atoms with van der Waals surface area (Å²) in [6, 6.07) is 0. The van der Waals surface area contributed by atoms with E-state index in [9.17, 15) is 0 Å². The molecule has 0 saturated carbocycles. The molecule has 67 valence electrons. The summed E-state index contributed by atoms with van der Waals surface area (Å²) in [5, 5.41) is 4.68. The molecule has 0 fully saturated rings. The van der Waals surface area contributed by atoms with Crippen LogP contribution in [0.5, 0.6) is 0 Å². The van der Waals surface area contributed by atoms with Crippen LogP contribution >= 0.6 is 11.6 Å². The highest BCUT2D eigenvalue weighted by Gasteiger charge is 2.04. The summed E-state index contributed by atoms with van der Waals surface area (Å²) >= 11 is 5.81. The number of halogens is 1. The molecular weight excluding hydrogens is 172 g/mol. The Bertz CT molecular complexity index is 253. The summed E-state index contributed by atoms with van der Waals surface area (Å²) in [4.78, 5) is 0. The van der Waals surface area contributed by atoms with Crippen LogP contribution in [0.2, 0.25) is 5.02 Å². The second-order valence-corrected chi connectivity index (χ2v) is 3.79. The van der Waals surface area contributed by atoms with Gasteiger partial charge in [0.15, 0.2) is 0 Å². The molecule has 0 aliphatic heterocycles. The number of hydrogen-bond acceptors (Lipinski definition) is 1. The minimum Gasteiger partial charge on any atom is -0.268 e. The van der Waals surface area contributed by atoms with Crippen molar-refractivity contribution >= 4 is 11.6 Å². The zero-order valence-electron chi connectivity index (χ0n) is 7.76. The van der Waals surface area contributed by atoms with Crippen LogP contribution in [0.15, 0.2) is 0 Å².